The zero-order valence-corrected chi connectivity index (χ0v) is 13.0. The lowest BCUT2D eigenvalue weighted by Gasteiger charge is -2.20. The van der Waals surface area contributed by atoms with Crippen molar-refractivity contribution in [3.63, 3.8) is 0 Å². The predicted octanol–water partition coefficient (Wildman–Crippen LogP) is 3.48. The third-order valence-corrected chi connectivity index (χ3v) is 3.29. The Morgan fingerprint density at radius 3 is 2.38 bits per heavy atom. The fourth-order valence-electron chi connectivity index (χ4n) is 1.99. The molecule has 1 heterocycles. The molecule has 1 aromatic rings. The van der Waals surface area contributed by atoms with Crippen LogP contribution < -0.4 is 4.90 Å². The largest absolute Gasteiger partial charge is 0.462 e. The maximum Gasteiger partial charge on any atom is 0.340 e. The number of rotatable bonds is 3. The Kier molecular flexibility index (Phi) is 4.70. The number of esters is 1. The van der Waals surface area contributed by atoms with Gasteiger partial charge in [0.15, 0.2) is 0 Å². The monoisotopic (exact) mass is 325 g/mol. The molecule has 6 heteroatoms. The number of anilines is 1. The summed E-state index contributed by atoms with van der Waals surface area (Å²) >= 11 is 11.7. The summed E-state index contributed by atoms with van der Waals surface area (Å²) in [6, 6.07) is 7.22. The van der Waals surface area contributed by atoms with Crippen LogP contribution in [0.2, 0.25) is 0 Å². The molecule has 0 radical (unpaired) electrons. The molecule has 1 amide bonds. The van der Waals surface area contributed by atoms with Crippen LogP contribution in [0.4, 0.5) is 5.69 Å². The van der Waals surface area contributed by atoms with E-state index in [1.165, 1.54) is 11.0 Å². The maximum absolute atomic E-state index is 12.2. The van der Waals surface area contributed by atoms with Gasteiger partial charge in [0.05, 0.1) is 17.9 Å². The average Bonchev–Trinajstić information content (AvgIpc) is 2.78. The van der Waals surface area contributed by atoms with Gasteiger partial charge in [0, 0.05) is 11.8 Å². The smallest absolute Gasteiger partial charge is 0.340 e. The Morgan fingerprint density at radius 2 is 1.86 bits per heavy atom. The molecule has 0 saturated carbocycles. The Morgan fingerprint density at radius 1 is 1.24 bits per heavy atom. The second kappa shape index (κ2) is 6.33. The van der Waals surface area contributed by atoms with Gasteiger partial charge in [-0.3, -0.25) is 9.69 Å². The van der Waals surface area contributed by atoms with Crippen LogP contribution in [0.25, 0.3) is 0 Å². The zero-order valence-electron chi connectivity index (χ0n) is 11.5. The van der Waals surface area contributed by atoms with E-state index in [-0.39, 0.29) is 22.4 Å². The zero-order chi connectivity index (χ0) is 15.6. The minimum atomic E-state index is -0.630. The molecule has 110 valence electrons. The van der Waals surface area contributed by atoms with Gasteiger partial charge in [0.25, 0.3) is 5.91 Å². The van der Waals surface area contributed by atoms with E-state index in [0.717, 1.165) is 5.56 Å². The Labute approximate surface area is 132 Å². The van der Waals surface area contributed by atoms with Crippen LogP contribution in [0.15, 0.2) is 46.1 Å². The SMILES string of the molecule is CCOC(=O)C1=CC(=O)N(c2ccc(C)cc2)C1=C(Cl)Cl. The quantitative estimate of drug-likeness (QED) is 0.799. The summed E-state index contributed by atoms with van der Waals surface area (Å²) in [5.74, 6) is -1.02. The fourth-order valence-corrected chi connectivity index (χ4v) is 2.36. The van der Waals surface area contributed by atoms with Gasteiger partial charge in [-0.05, 0) is 26.0 Å². The number of carbonyl (C=O) groups is 2. The van der Waals surface area contributed by atoms with Crippen molar-refractivity contribution >= 4 is 40.8 Å². The second-order valence-electron chi connectivity index (χ2n) is 4.40. The van der Waals surface area contributed by atoms with E-state index < -0.39 is 11.9 Å². The molecular weight excluding hydrogens is 313 g/mol. The number of halogens is 2. The lowest BCUT2D eigenvalue weighted by atomic mass is 10.2. The van der Waals surface area contributed by atoms with Crippen molar-refractivity contribution in [2.75, 3.05) is 11.5 Å². The molecule has 0 atom stereocenters. The van der Waals surface area contributed by atoms with Crippen LogP contribution in [0.1, 0.15) is 12.5 Å². The Hall–Kier alpha value is -1.78. The third kappa shape index (κ3) is 3.12. The minimum absolute atomic E-state index is 0.0578. The number of benzene rings is 1. The number of nitrogens with zero attached hydrogens (tertiary/aromatic N) is 1. The summed E-state index contributed by atoms with van der Waals surface area (Å²) < 4.78 is 4.75. The molecule has 0 spiro atoms. The maximum atomic E-state index is 12.2. The second-order valence-corrected chi connectivity index (χ2v) is 5.35. The number of ether oxygens (including phenoxy) is 1. The van der Waals surface area contributed by atoms with Crippen molar-refractivity contribution in [3.05, 3.63) is 51.7 Å². The predicted molar refractivity (Wildman–Crippen MR) is 82.1 cm³/mol. The summed E-state index contributed by atoms with van der Waals surface area (Å²) in [4.78, 5) is 25.4. The van der Waals surface area contributed by atoms with E-state index in [1.807, 2.05) is 19.1 Å². The molecule has 0 bridgehead atoms. The van der Waals surface area contributed by atoms with Crippen molar-refractivity contribution in [3.8, 4) is 0 Å². The highest BCUT2D eigenvalue weighted by atomic mass is 35.5. The van der Waals surface area contributed by atoms with Crippen LogP contribution in [0.3, 0.4) is 0 Å². The van der Waals surface area contributed by atoms with Crippen LogP contribution in [0, 0.1) is 6.92 Å². The van der Waals surface area contributed by atoms with Gasteiger partial charge in [-0.15, -0.1) is 0 Å². The van der Waals surface area contributed by atoms with Gasteiger partial charge in [-0.25, -0.2) is 4.79 Å². The van der Waals surface area contributed by atoms with Crippen molar-refractivity contribution in [1.82, 2.24) is 0 Å². The minimum Gasteiger partial charge on any atom is -0.462 e. The molecule has 2 rings (SSSR count). The fraction of sp³-hybridized carbons (Fsp3) is 0.200. The van der Waals surface area contributed by atoms with Crippen LogP contribution in [-0.2, 0) is 14.3 Å². The van der Waals surface area contributed by atoms with Crippen LogP contribution in [0.5, 0.6) is 0 Å². The van der Waals surface area contributed by atoms with Crippen LogP contribution in [-0.4, -0.2) is 18.5 Å². The normalized spacial score (nSPS) is 14.3. The first-order valence-electron chi connectivity index (χ1n) is 6.31. The molecule has 0 saturated heterocycles. The highest BCUT2D eigenvalue weighted by molar-refractivity contribution is 6.57. The molecule has 0 aliphatic carbocycles. The molecule has 21 heavy (non-hydrogen) atoms. The summed E-state index contributed by atoms with van der Waals surface area (Å²) in [5, 5.41) is 0. The Bertz CT molecular complexity index is 643. The van der Waals surface area contributed by atoms with E-state index in [4.69, 9.17) is 27.9 Å². The van der Waals surface area contributed by atoms with Crippen molar-refractivity contribution < 1.29 is 14.3 Å². The number of aryl methyl sites for hydroxylation is 1. The summed E-state index contributed by atoms with van der Waals surface area (Å²) in [6.45, 7) is 3.81. The van der Waals surface area contributed by atoms with E-state index in [1.54, 1.807) is 19.1 Å². The molecule has 0 N–H and O–H groups in total. The number of hydrogen-bond acceptors (Lipinski definition) is 3. The first kappa shape index (κ1) is 15.6. The van der Waals surface area contributed by atoms with E-state index in [0.29, 0.717) is 5.69 Å². The van der Waals surface area contributed by atoms with Gasteiger partial charge in [0.2, 0.25) is 0 Å². The van der Waals surface area contributed by atoms with Gasteiger partial charge in [-0.1, -0.05) is 40.9 Å². The lowest BCUT2D eigenvalue weighted by molar-refractivity contribution is -0.138. The summed E-state index contributed by atoms with van der Waals surface area (Å²) in [6.07, 6.45) is 1.18. The number of hydrogen-bond donors (Lipinski definition) is 0. The molecule has 0 unspecified atom stereocenters. The van der Waals surface area contributed by atoms with E-state index in [2.05, 4.69) is 0 Å². The standard InChI is InChI=1S/C15H13Cl2NO3/c1-3-21-15(20)11-8-12(19)18(13(11)14(16)17)10-6-4-9(2)5-7-10/h4-8H,3H2,1-2H3. The summed E-state index contributed by atoms with van der Waals surface area (Å²) in [5.41, 5.74) is 1.83. The van der Waals surface area contributed by atoms with Gasteiger partial charge in [0.1, 0.15) is 4.49 Å². The van der Waals surface area contributed by atoms with Crippen LogP contribution >= 0.6 is 23.2 Å². The number of amides is 1. The van der Waals surface area contributed by atoms with Crippen molar-refractivity contribution in [2.45, 2.75) is 13.8 Å². The highest BCUT2D eigenvalue weighted by Gasteiger charge is 2.35. The van der Waals surface area contributed by atoms with Gasteiger partial charge in [-0.2, -0.15) is 0 Å². The first-order valence-corrected chi connectivity index (χ1v) is 7.06. The molecule has 4 nitrogen and oxygen atoms in total. The summed E-state index contributed by atoms with van der Waals surface area (Å²) in [7, 11) is 0. The molecule has 0 fully saturated rings. The van der Waals surface area contributed by atoms with Gasteiger partial charge < -0.3 is 4.74 Å². The third-order valence-electron chi connectivity index (χ3n) is 2.93. The molecule has 1 aromatic carbocycles. The highest BCUT2D eigenvalue weighted by Crippen LogP contribution is 2.35. The molecule has 1 aliphatic heterocycles. The first-order chi connectivity index (χ1) is 9.95. The number of carbonyl (C=O) groups excluding carboxylic acids is 2. The topological polar surface area (TPSA) is 46.6 Å². The molecule has 0 aromatic heterocycles. The molecule has 1 aliphatic rings. The average molecular weight is 326 g/mol. The van der Waals surface area contributed by atoms with E-state index in [9.17, 15) is 9.59 Å². The van der Waals surface area contributed by atoms with Crippen molar-refractivity contribution in [2.24, 2.45) is 0 Å². The van der Waals surface area contributed by atoms with E-state index >= 15 is 0 Å². The molecular formula is C15H13Cl2NO3. The Balaban J connectivity index is 2.45. The lowest BCUT2D eigenvalue weighted by Crippen LogP contribution is -2.25. The van der Waals surface area contributed by atoms with Crippen molar-refractivity contribution in [1.29, 1.82) is 0 Å². The van der Waals surface area contributed by atoms with Gasteiger partial charge >= 0.3 is 5.97 Å².